The lowest BCUT2D eigenvalue weighted by Gasteiger charge is -2.14. The van der Waals surface area contributed by atoms with Gasteiger partial charge in [-0.1, -0.05) is 18.2 Å². The lowest BCUT2D eigenvalue weighted by Crippen LogP contribution is -2.46. The van der Waals surface area contributed by atoms with Crippen LogP contribution in [0.15, 0.2) is 54.9 Å². The molecule has 1 aromatic carbocycles. The van der Waals surface area contributed by atoms with Crippen LogP contribution in [0.25, 0.3) is 0 Å². The monoisotopic (exact) mass is 329 g/mol. The summed E-state index contributed by atoms with van der Waals surface area (Å²) >= 11 is 0. The molecule has 0 spiro atoms. The van der Waals surface area contributed by atoms with Gasteiger partial charge in [-0.3, -0.25) is 20.4 Å². The predicted molar refractivity (Wildman–Crippen MR) is 82.3 cm³/mol. The first-order valence-corrected chi connectivity index (χ1v) is 7.02. The number of hydrazine groups is 1. The Kier molecular flexibility index (Phi) is 5.45. The molecule has 124 valence electrons. The Labute approximate surface area is 137 Å². The van der Waals surface area contributed by atoms with Gasteiger partial charge in [-0.25, -0.2) is 4.79 Å². The molecule has 2 N–H and O–H groups in total. The molecule has 0 fully saturated rings. The number of pyridine rings is 1. The van der Waals surface area contributed by atoms with Crippen LogP contribution in [0, 0.1) is 5.21 Å². The van der Waals surface area contributed by atoms with Gasteiger partial charge in [-0.15, -0.1) is 0 Å². The quantitative estimate of drug-likeness (QED) is 0.363. The van der Waals surface area contributed by atoms with Gasteiger partial charge in [0.1, 0.15) is 0 Å². The molecule has 1 aromatic heterocycles. The molecule has 2 amide bonds. The number of amides is 2. The molecule has 0 radical (unpaired) electrons. The van der Waals surface area contributed by atoms with Gasteiger partial charge in [-0.05, 0) is 19.1 Å². The molecule has 1 atom stereocenters. The van der Waals surface area contributed by atoms with Crippen molar-refractivity contribution in [3.05, 3.63) is 71.2 Å². The van der Waals surface area contributed by atoms with Crippen LogP contribution < -0.4 is 15.6 Å². The van der Waals surface area contributed by atoms with E-state index in [-0.39, 0.29) is 5.56 Å². The summed E-state index contributed by atoms with van der Waals surface area (Å²) in [7, 11) is 0. The number of rotatable bonds is 4. The van der Waals surface area contributed by atoms with E-state index in [9.17, 15) is 19.6 Å². The van der Waals surface area contributed by atoms with Gasteiger partial charge in [0, 0.05) is 17.7 Å². The summed E-state index contributed by atoms with van der Waals surface area (Å²) < 4.78 is 5.48. The fraction of sp³-hybridized carbons (Fsp3) is 0.125. The minimum absolute atomic E-state index is 0.134. The van der Waals surface area contributed by atoms with Gasteiger partial charge in [-0.2, -0.15) is 4.73 Å². The van der Waals surface area contributed by atoms with Gasteiger partial charge in [0.25, 0.3) is 11.8 Å². The zero-order chi connectivity index (χ0) is 17.5. The van der Waals surface area contributed by atoms with Crippen molar-refractivity contribution >= 4 is 17.8 Å². The predicted octanol–water partition coefficient (Wildman–Crippen LogP) is 0.327. The number of ether oxygens (including phenoxy) is 1. The van der Waals surface area contributed by atoms with Crippen molar-refractivity contribution in [2.45, 2.75) is 13.0 Å². The third kappa shape index (κ3) is 4.54. The Hall–Kier alpha value is -3.42. The number of aromatic nitrogens is 1. The molecule has 0 aliphatic rings. The van der Waals surface area contributed by atoms with Crippen LogP contribution in [0.1, 0.15) is 27.6 Å². The molecule has 2 rings (SSSR count). The van der Waals surface area contributed by atoms with Crippen LogP contribution in [-0.2, 0) is 9.53 Å². The van der Waals surface area contributed by atoms with Crippen molar-refractivity contribution in [1.82, 2.24) is 10.9 Å². The number of nitrogens with one attached hydrogen (secondary N) is 2. The summed E-state index contributed by atoms with van der Waals surface area (Å²) in [6.45, 7) is 1.36. The molecular formula is C16H15N3O5. The van der Waals surface area contributed by atoms with Crippen LogP contribution in [0.3, 0.4) is 0 Å². The number of hydrogen-bond acceptors (Lipinski definition) is 5. The molecule has 8 heteroatoms. The average molecular weight is 329 g/mol. The van der Waals surface area contributed by atoms with Crippen molar-refractivity contribution in [3.8, 4) is 0 Å². The second-order valence-electron chi connectivity index (χ2n) is 4.80. The number of nitrogens with zero attached hydrogens (tertiary/aromatic N) is 1. The molecule has 1 heterocycles. The third-order valence-corrected chi connectivity index (χ3v) is 3.03. The molecule has 8 nitrogen and oxygen atoms in total. The van der Waals surface area contributed by atoms with Crippen LogP contribution in [-0.4, -0.2) is 23.9 Å². The van der Waals surface area contributed by atoms with Gasteiger partial charge in [0.15, 0.2) is 18.5 Å². The fourth-order valence-electron chi connectivity index (χ4n) is 1.71. The Morgan fingerprint density at radius 2 is 1.62 bits per heavy atom. The highest BCUT2D eigenvalue weighted by Crippen LogP contribution is 2.02. The van der Waals surface area contributed by atoms with Gasteiger partial charge in [0.2, 0.25) is 0 Å². The summed E-state index contributed by atoms with van der Waals surface area (Å²) in [5, 5.41) is 10.9. The number of hydrogen-bond donors (Lipinski definition) is 2. The molecule has 0 saturated heterocycles. The minimum Gasteiger partial charge on any atom is -0.619 e. The molecule has 0 aliphatic carbocycles. The van der Waals surface area contributed by atoms with E-state index in [2.05, 4.69) is 10.9 Å². The Morgan fingerprint density at radius 3 is 2.25 bits per heavy atom. The molecule has 0 saturated carbocycles. The van der Waals surface area contributed by atoms with Gasteiger partial charge in [0.05, 0.1) is 5.56 Å². The first kappa shape index (κ1) is 16.9. The van der Waals surface area contributed by atoms with E-state index in [1.54, 1.807) is 30.3 Å². The van der Waals surface area contributed by atoms with Crippen molar-refractivity contribution in [2.75, 3.05) is 0 Å². The summed E-state index contributed by atoms with van der Waals surface area (Å²) in [6.07, 6.45) is 1.15. The van der Waals surface area contributed by atoms with E-state index in [1.807, 2.05) is 0 Å². The van der Waals surface area contributed by atoms with Crippen molar-refractivity contribution in [3.63, 3.8) is 0 Å². The summed E-state index contributed by atoms with van der Waals surface area (Å²) in [5.74, 6) is -1.94. The van der Waals surface area contributed by atoms with E-state index < -0.39 is 23.9 Å². The van der Waals surface area contributed by atoms with Crippen molar-refractivity contribution in [2.24, 2.45) is 0 Å². The Morgan fingerprint density at radius 1 is 1.00 bits per heavy atom. The van der Waals surface area contributed by atoms with E-state index in [4.69, 9.17) is 4.74 Å². The highest BCUT2D eigenvalue weighted by molar-refractivity contribution is 5.96. The molecule has 0 bridgehead atoms. The second kappa shape index (κ2) is 7.73. The second-order valence-corrected chi connectivity index (χ2v) is 4.80. The van der Waals surface area contributed by atoms with E-state index >= 15 is 0 Å². The lowest BCUT2D eigenvalue weighted by atomic mass is 10.2. The molecular weight excluding hydrogens is 314 g/mol. The number of carbonyl (C=O) groups is 3. The van der Waals surface area contributed by atoms with Gasteiger partial charge < -0.3 is 9.94 Å². The maximum atomic E-state index is 11.8. The van der Waals surface area contributed by atoms with Crippen LogP contribution in [0.5, 0.6) is 0 Å². The first-order chi connectivity index (χ1) is 11.5. The normalized spacial score (nSPS) is 11.2. The van der Waals surface area contributed by atoms with Crippen molar-refractivity contribution < 1.29 is 23.9 Å². The minimum atomic E-state index is -1.13. The van der Waals surface area contributed by atoms with Crippen molar-refractivity contribution in [1.29, 1.82) is 0 Å². The fourth-order valence-corrected chi connectivity index (χ4v) is 1.71. The van der Waals surface area contributed by atoms with Crippen LogP contribution in [0.2, 0.25) is 0 Å². The van der Waals surface area contributed by atoms with E-state index in [1.165, 1.54) is 19.1 Å². The topological polar surface area (TPSA) is 111 Å². The van der Waals surface area contributed by atoms with Crippen LogP contribution >= 0.6 is 0 Å². The third-order valence-electron chi connectivity index (χ3n) is 3.03. The van der Waals surface area contributed by atoms with E-state index in [0.29, 0.717) is 10.3 Å². The lowest BCUT2D eigenvalue weighted by molar-refractivity contribution is -0.605. The van der Waals surface area contributed by atoms with E-state index in [0.717, 1.165) is 12.4 Å². The zero-order valence-corrected chi connectivity index (χ0v) is 12.8. The number of carbonyl (C=O) groups excluding carboxylic acids is 3. The zero-order valence-electron chi connectivity index (χ0n) is 12.8. The summed E-state index contributed by atoms with van der Waals surface area (Å²) in [4.78, 5) is 35.5. The standard InChI is InChI=1S/C16H15N3O5/c1-11(24-16(22)13-7-9-19(23)10-8-13)14(20)17-18-15(21)12-5-3-2-4-6-12/h2-11H,1H3,(H,17,20)(H,18,21)/t11-/m1/s1. The average Bonchev–Trinajstić information content (AvgIpc) is 2.60. The summed E-state index contributed by atoms with van der Waals surface area (Å²) in [5.41, 5.74) is 4.91. The maximum absolute atomic E-state index is 11.8. The largest absolute Gasteiger partial charge is 0.619 e. The highest BCUT2D eigenvalue weighted by atomic mass is 16.5. The highest BCUT2D eigenvalue weighted by Gasteiger charge is 2.20. The first-order valence-electron chi connectivity index (χ1n) is 7.02. The molecule has 0 unspecified atom stereocenters. The Bertz CT molecular complexity index is 731. The summed E-state index contributed by atoms with van der Waals surface area (Å²) in [6, 6.07) is 10.9. The van der Waals surface area contributed by atoms with Crippen LogP contribution in [0.4, 0.5) is 0 Å². The molecule has 24 heavy (non-hydrogen) atoms. The maximum Gasteiger partial charge on any atom is 0.339 e. The number of esters is 1. The SMILES string of the molecule is C[C@@H](OC(=O)c1cc[n+]([O-])cc1)C(=O)NNC(=O)c1ccccc1. The Balaban J connectivity index is 1.84. The smallest absolute Gasteiger partial charge is 0.339 e. The van der Waals surface area contributed by atoms with Gasteiger partial charge >= 0.3 is 5.97 Å². The molecule has 2 aromatic rings. The molecule has 0 aliphatic heterocycles. The number of benzene rings is 1.